The van der Waals surface area contributed by atoms with Crippen LogP contribution in [0, 0.1) is 0 Å². The van der Waals surface area contributed by atoms with Gasteiger partial charge in [-0.2, -0.15) is 0 Å². The molecule has 3 aromatic rings. The second-order valence-corrected chi connectivity index (χ2v) is 5.39. The Morgan fingerprint density at radius 1 is 1.05 bits per heavy atom. The average molecular weight is 317 g/mol. The molecule has 0 saturated heterocycles. The van der Waals surface area contributed by atoms with E-state index in [1.165, 1.54) is 0 Å². The van der Waals surface area contributed by atoms with Crippen molar-refractivity contribution in [1.82, 2.24) is 4.98 Å². The lowest BCUT2D eigenvalue weighted by molar-refractivity contribution is 0.211. The van der Waals surface area contributed by atoms with Crippen LogP contribution in [-0.4, -0.2) is 32.4 Å². The van der Waals surface area contributed by atoms with E-state index in [0.29, 0.717) is 18.2 Å². The van der Waals surface area contributed by atoms with Gasteiger partial charge >= 0.3 is 0 Å². The molecule has 114 valence electrons. The largest absolute Gasteiger partial charge is 0.497 e. The molecule has 4 nitrogen and oxygen atoms in total. The number of nitrogens with zero attached hydrogens (tertiary/aromatic N) is 1. The van der Waals surface area contributed by atoms with Gasteiger partial charge in [-0.3, -0.25) is 0 Å². The Morgan fingerprint density at radius 3 is 2.68 bits per heavy atom. The van der Waals surface area contributed by atoms with E-state index < -0.39 is 0 Å². The molecule has 0 atom stereocenters. The number of halogens is 1. The maximum atomic E-state index is 6.10. The number of pyridine rings is 1. The maximum Gasteiger partial charge on any atom is 0.119 e. The summed E-state index contributed by atoms with van der Waals surface area (Å²) in [5, 5.41) is 6.16. The van der Waals surface area contributed by atoms with Crippen molar-refractivity contribution in [2.75, 3.05) is 32.7 Å². The van der Waals surface area contributed by atoms with Crippen molar-refractivity contribution in [2.45, 2.75) is 0 Å². The van der Waals surface area contributed by atoms with Crippen LogP contribution in [0.3, 0.4) is 0 Å². The fourth-order valence-electron chi connectivity index (χ4n) is 2.49. The Hall–Kier alpha value is -2.04. The van der Waals surface area contributed by atoms with Crippen LogP contribution in [0.5, 0.6) is 5.75 Å². The van der Waals surface area contributed by atoms with Gasteiger partial charge in [-0.05, 0) is 36.4 Å². The molecule has 0 bridgehead atoms. The minimum absolute atomic E-state index is 0.628. The van der Waals surface area contributed by atoms with Crippen molar-refractivity contribution in [3.8, 4) is 5.75 Å². The minimum atomic E-state index is 0.628. The first-order valence-corrected chi connectivity index (χ1v) is 7.40. The number of benzene rings is 2. The normalized spacial score (nSPS) is 11.0. The van der Waals surface area contributed by atoms with Crippen molar-refractivity contribution in [2.24, 2.45) is 0 Å². The van der Waals surface area contributed by atoms with Crippen LogP contribution >= 0.6 is 11.6 Å². The number of methoxy groups -OCH3 is 2. The van der Waals surface area contributed by atoms with E-state index in [4.69, 9.17) is 26.1 Å². The van der Waals surface area contributed by atoms with Crippen molar-refractivity contribution in [3.63, 3.8) is 0 Å². The average Bonchev–Trinajstić information content (AvgIpc) is 2.53. The number of ether oxygens (including phenoxy) is 2. The van der Waals surface area contributed by atoms with Gasteiger partial charge in [-0.25, -0.2) is 4.98 Å². The smallest absolute Gasteiger partial charge is 0.119 e. The van der Waals surface area contributed by atoms with E-state index in [2.05, 4.69) is 5.32 Å². The number of nitrogens with one attached hydrogen (secondary N) is 1. The van der Waals surface area contributed by atoms with Crippen LogP contribution in [0.15, 0.2) is 36.4 Å². The van der Waals surface area contributed by atoms with Gasteiger partial charge < -0.3 is 14.8 Å². The summed E-state index contributed by atoms with van der Waals surface area (Å²) in [7, 11) is 3.35. The predicted octanol–water partition coefficient (Wildman–Crippen LogP) is 4.11. The quantitative estimate of drug-likeness (QED) is 0.568. The standard InChI is InChI=1S/C17H17ClN2O2/c1-21-8-7-19-17-13-5-3-11(18)9-16(13)20-15-6-4-12(22-2)10-14(15)17/h3-6,9-10H,7-8H2,1-2H3,(H,19,20). The zero-order chi connectivity index (χ0) is 15.5. The SMILES string of the molecule is COCCNc1c2ccc(Cl)cc2nc2ccc(OC)cc12. The topological polar surface area (TPSA) is 43.4 Å². The summed E-state index contributed by atoms with van der Waals surface area (Å²) < 4.78 is 10.5. The van der Waals surface area contributed by atoms with Gasteiger partial charge in [0.05, 0.1) is 30.4 Å². The highest BCUT2D eigenvalue weighted by Gasteiger charge is 2.10. The summed E-state index contributed by atoms with van der Waals surface area (Å²) in [5.74, 6) is 0.803. The first kappa shape index (κ1) is 14.9. The minimum Gasteiger partial charge on any atom is -0.497 e. The van der Waals surface area contributed by atoms with Gasteiger partial charge in [0.25, 0.3) is 0 Å². The van der Waals surface area contributed by atoms with E-state index in [1.807, 2.05) is 36.4 Å². The lowest BCUT2D eigenvalue weighted by Crippen LogP contribution is -2.08. The first-order chi connectivity index (χ1) is 10.7. The fourth-order valence-corrected chi connectivity index (χ4v) is 2.66. The Kier molecular flexibility index (Phi) is 4.32. The van der Waals surface area contributed by atoms with Crippen LogP contribution in [-0.2, 0) is 4.74 Å². The molecule has 0 fully saturated rings. The zero-order valence-electron chi connectivity index (χ0n) is 12.5. The van der Waals surface area contributed by atoms with Gasteiger partial charge in [0.2, 0.25) is 0 Å². The monoisotopic (exact) mass is 316 g/mol. The number of anilines is 1. The van der Waals surface area contributed by atoms with E-state index in [9.17, 15) is 0 Å². The molecule has 0 radical (unpaired) electrons. The summed E-state index contributed by atoms with van der Waals surface area (Å²) in [6.45, 7) is 1.34. The molecule has 0 unspecified atom stereocenters. The Morgan fingerprint density at radius 2 is 1.91 bits per heavy atom. The third-order valence-electron chi connectivity index (χ3n) is 3.55. The molecule has 0 aliphatic carbocycles. The molecule has 2 aromatic carbocycles. The van der Waals surface area contributed by atoms with E-state index >= 15 is 0 Å². The summed E-state index contributed by atoms with van der Waals surface area (Å²) in [5.41, 5.74) is 2.79. The number of hydrogen-bond donors (Lipinski definition) is 1. The molecular weight excluding hydrogens is 300 g/mol. The Labute approximate surface area is 134 Å². The lowest BCUT2D eigenvalue weighted by Gasteiger charge is -2.14. The number of hydrogen-bond acceptors (Lipinski definition) is 4. The highest BCUT2D eigenvalue weighted by Crippen LogP contribution is 2.33. The Bertz CT molecular complexity index is 820. The van der Waals surface area contributed by atoms with Crippen molar-refractivity contribution in [1.29, 1.82) is 0 Å². The van der Waals surface area contributed by atoms with Gasteiger partial charge in [-0.15, -0.1) is 0 Å². The second-order valence-electron chi connectivity index (χ2n) is 4.95. The Balaban J connectivity index is 2.24. The van der Waals surface area contributed by atoms with Crippen LogP contribution < -0.4 is 10.1 Å². The number of rotatable bonds is 5. The lowest BCUT2D eigenvalue weighted by atomic mass is 10.1. The molecule has 0 aliphatic rings. The molecule has 1 N–H and O–H groups in total. The van der Waals surface area contributed by atoms with Gasteiger partial charge in [-0.1, -0.05) is 11.6 Å². The molecule has 22 heavy (non-hydrogen) atoms. The van der Waals surface area contributed by atoms with Crippen molar-refractivity contribution < 1.29 is 9.47 Å². The molecule has 0 saturated carbocycles. The fraction of sp³-hybridized carbons (Fsp3) is 0.235. The zero-order valence-corrected chi connectivity index (χ0v) is 13.3. The molecule has 1 heterocycles. The van der Waals surface area contributed by atoms with Gasteiger partial charge in [0.15, 0.2) is 0 Å². The summed E-state index contributed by atoms with van der Waals surface area (Å²) in [6.07, 6.45) is 0. The number of fused-ring (bicyclic) bond motifs is 2. The molecule has 0 aliphatic heterocycles. The summed E-state index contributed by atoms with van der Waals surface area (Å²) in [4.78, 5) is 4.69. The summed E-state index contributed by atoms with van der Waals surface area (Å²) in [6, 6.07) is 11.6. The molecular formula is C17H17ClN2O2. The number of aromatic nitrogens is 1. The highest BCUT2D eigenvalue weighted by atomic mass is 35.5. The van der Waals surface area contributed by atoms with Crippen LogP contribution in [0.1, 0.15) is 0 Å². The maximum absolute atomic E-state index is 6.10. The van der Waals surface area contributed by atoms with Crippen LogP contribution in [0.2, 0.25) is 5.02 Å². The molecule has 5 heteroatoms. The van der Waals surface area contributed by atoms with Gasteiger partial charge in [0, 0.05) is 29.4 Å². The van der Waals surface area contributed by atoms with E-state index in [0.717, 1.165) is 33.2 Å². The van der Waals surface area contributed by atoms with E-state index in [-0.39, 0.29) is 0 Å². The second kappa shape index (κ2) is 6.38. The molecule has 1 aromatic heterocycles. The molecule has 0 amide bonds. The van der Waals surface area contributed by atoms with Crippen LogP contribution in [0.25, 0.3) is 21.8 Å². The van der Waals surface area contributed by atoms with Crippen LogP contribution in [0.4, 0.5) is 5.69 Å². The van der Waals surface area contributed by atoms with Crippen molar-refractivity contribution in [3.05, 3.63) is 41.4 Å². The van der Waals surface area contributed by atoms with E-state index in [1.54, 1.807) is 14.2 Å². The van der Waals surface area contributed by atoms with Crippen molar-refractivity contribution >= 4 is 39.1 Å². The third kappa shape index (κ3) is 2.80. The predicted molar refractivity (Wildman–Crippen MR) is 91.2 cm³/mol. The molecule has 3 rings (SSSR count). The first-order valence-electron chi connectivity index (χ1n) is 7.03. The molecule has 0 spiro atoms. The highest BCUT2D eigenvalue weighted by molar-refractivity contribution is 6.31. The summed E-state index contributed by atoms with van der Waals surface area (Å²) >= 11 is 6.10. The third-order valence-corrected chi connectivity index (χ3v) is 3.79. The van der Waals surface area contributed by atoms with Gasteiger partial charge in [0.1, 0.15) is 5.75 Å².